The average Bonchev–Trinajstić information content (AvgIpc) is 3.37. The molecule has 21 heavy (non-hydrogen) atoms. The molecular weight excluding hydrogens is 262 g/mol. The fraction of sp³-hybridized carbons (Fsp3) is 0.556. The fourth-order valence-electron chi connectivity index (χ4n) is 2.73. The molecule has 2 aliphatic carbocycles. The normalized spacial score (nSPS) is 25.0. The largest absolute Gasteiger partial charge is 0.338 e. The van der Waals surface area contributed by atoms with Crippen molar-refractivity contribution in [2.75, 3.05) is 0 Å². The van der Waals surface area contributed by atoms with E-state index in [9.17, 15) is 4.79 Å². The number of carbonyl (C=O) groups is 1. The molecule has 3 rings (SSSR count). The van der Waals surface area contributed by atoms with Crippen LogP contribution >= 0.6 is 0 Å². The summed E-state index contributed by atoms with van der Waals surface area (Å²) >= 11 is 0. The Morgan fingerprint density at radius 2 is 1.90 bits per heavy atom. The predicted molar refractivity (Wildman–Crippen MR) is 83.3 cm³/mol. The van der Waals surface area contributed by atoms with E-state index in [1.807, 2.05) is 6.92 Å². The Morgan fingerprint density at radius 1 is 1.24 bits per heavy atom. The maximum atomic E-state index is 11.5. The first-order valence-electron chi connectivity index (χ1n) is 7.91. The first kappa shape index (κ1) is 14.3. The second kappa shape index (κ2) is 5.63. The zero-order chi connectivity index (χ0) is 15.0. The molecule has 1 aromatic rings. The molecule has 0 N–H and O–H groups in total. The maximum Gasteiger partial charge on any atom is 0.338 e. The zero-order valence-electron chi connectivity index (χ0n) is 13.0. The molecule has 2 fully saturated rings. The van der Waals surface area contributed by atoms with Gasteiger partial charge in [0.1, 0.15) is 0 Å². The van der Waals surface area contributed by atoms with Crippen LogP contribution in [0.4, 0.5) is 0 Å². The van der Waals surface area contributed by atoms with E-state index in [2.05, 4.69) is 43.3 Å². The summed E-state index contributed by atoms with van der Waals surface area (Å²) in [6.07, 6.45) is 3.03. The van der Waals surface area contributed by atoms with Crippen molar-refractivity contribution in [2.45, 2.75) is 51.9 Å². The monoisotopic (exact) mass is 285 g/mol. The summed E-state index contributed by atoms with van der Waals surface area (Å²) in [7, 11) is 0. The van der Waals surface area contributed by atoms with Gasteiger partial charge in [0, 0.05) is 5.92 Å². The van der Waals surface area contributed by atoms with Gasteiger partial charge in [-0.05, 0) is 49.1 Å². The van der Waals surface area contributed by atoms with Gasteiger partial charge < -0.3 is 4.84 Å². The van der Waals surface area contributed by atoms with Crippen LogP contribution in [0.3, 0.4) is 0 Å². The molecule has 0 aromatic heterocycles. The third kappa shape index (κ3) is 3.34. The number of hydrogen-bond acceptors (Lipinski definition) is 3. The molecule has 0 amide bonds. The van der Waals surface area contributed by atoms with Crippen molar-refractivity contribution >= 4 is 11.7 Å². The molecule has 1 aromatic carbocycles. The molecule has 0 radical (unpaired) electrons. The van der Waals surface area contributed by atoms with E-state index in [1.165, 1.54) is 11.1 Å². The van der Waals surface area contributed by atoms with Gasteiger partial charge in [-0.3, -0.25) is 0 Å². The molecule has 0 saturated heterocycles. The number of hydrogen-bond donors (Lipinski definition) is 0. The van der Waals surface area contributed by atoms with Gasteiger partial charge in [0.25, 0.3) is 0 Å². The van der Waals surface area contributed by atoms with E-state index >= 15 is 0 Å². The highest BCUT2D eigenvalue weighted by Crippen LogP contribution is 2.48. The van der Waals surface area contributed by atoms with Gasteiger partial charge in [-0.2, -0.15) is 0 Å². The average molecular weight is 285 g/mol. The zero-order valence-corrected chi connectivity index (χ0v) is 13.0. The van der Waals surface area contributed by atoms with Crippen molar-refractivity contribution in [3.8, 4) is 0 Å². The standard InChI is InChI=1S/C18H23NO2/c1-11(2)13-4-6-14(7-5-13)17-10-16(17)12(3)19-21-18(20)15-8-9-15/h4-7,11,15-17H,8-10H2,1-3H3/b19-12-/t16-,17+/m1/s1. The maximum absolute atomic E-state index is 11.5. The molecule has 112 valence electrons. The van der Waals surface area contributed by atoms with Gasteiger partial charge in [-0.25, -0.2) is 4.79 Å². The van der Waals surface area contributed by atoms with Crippen LogP contribution in [0.25, 0.3) is 0 Å². The van der Waals surface area contributed by atoms with E-state index < -0.39 is 0 Å². The van der Waals surface area contributed by atoms with Gasteiger partial charge in [-0.15, -0.1) is 0 Å². The molecule has 2 aliphatic rings. The second-order valence-corrected chi connectivity index (χ2v) is 6.69. The Kier molecular flexibility index (Phi) is 3.83. The van der Waals surface area contributed by atoms with E-state index in [-0.39, 0.29) is 11.9 Å². The van der Waals surface area contributed by atoms with Crippen molar-refractivity contribution < 1.29 is 9.63 Å². The van der Waals surface area contributed by atoms with E-state index in [0.717, 1.165) is 25.0 Å². The third-order valence-corrected chi connectivity index (χ3v) is 4.55. The Morgan fingerprint density at radius 3 is 2.48 bits per heavy atom. The van der Waals surface area contributed by atoms with Crippen LogP contribution < -0.4 is 0 Å². The minimum atomic E-state index is -0.159. The molecule has 2 saturated carbocycles. The summed E-state index contributed by atoms with van der Waals surface area (Å²) in [6.45, 7) is 6.38. The summed E-state index contributed by atoms with van der Waals surface area (Å²) in [5.41, 5.74) is 3.69. The van der Waals surface area contributed by atoms with Crippen molar-refractivity contribution in [1.29, 1.82) is 0 Å². The molecule has 3 nitrogen and oxygen atoms in total. The van der Waals surface area contributed by atoms with Crippen LogP contribution in [-0.4, -0.2) is 11.7 Å². The lowest BCUT2D eigenvalue weighted by Crippen LogP contribution is -2.05. The number of nitrogens with zero attached hydrogens (tertiary/aromatic N) is 1. The molecule has 0 bridgehead atoms. The second-order valence-electron chi connectivity index (χ2n) is 6.69. The lowest BCUT2D eigenvalue weighted by atomic mass is 9.99. The van der Waals surface area contributed by atoms with Gasteiger partial charge in [0.15, 0.2) is 0 Å². The quantitative estimate of drug-likeness (QED) is 0.461. The van der Waals surface area contributed by atoms with Gasteiger partial charge in [-0.1, -0.05) is 43.3 Å². The van der Waals surface area contributed by atoms with Crippen LogP contribution in [0, 0.1) is 11.8 Å². The van der Waals surface area contributed by atoms with Crippen LogP contribution in [-0.2, 0) is 9.63 Å². The van der Waals surface area contributed by atoms with Crippen molar-refractivity contribution in [2.24, 2.45) is 17.0 Å². The molecule has 0 spiro atoms. The highest BCUT2D eigenvalue weighted by molar-refractivity contribution is 5.88. The van der Waals surface area contributed by atoms with E-state index in [0.29, 0.717) is 17.8 Å². The highest BCUT2D eigenvalue weighted by atomic mass is 16.7. The van der Waals surface area contributed by atoms with E-state index in [4.69, 9.17) is 4.84 Å². The summed E-state index contributed by atoms with van der Waals surface area (Å²) in [5, 5.41) is 4.04. The highest BCUT2D eigenvalue weighted by Gasteiger charge is 2.41. The first-order valence-corrected chi connectivity index (χ1v) is 7.91. The van der Waals surface area contributed by atoms with E-state index in [1.54, 1.807) is 0 Å². The molecule has 0 heterocycles. The van der Waals surface area contributed by atoms with Crippen LogP contribution in [0.5, 0.6) is 0 Å². The number of benzene rings is 1. The topological polar surface area (TPSA) is 38.7 Å². The Hall–Kier alpha value is -1.64. The van der Waals surface area contributed by atoms with Crippen molar-refractivity contribution in [3.05, 3.63) is 35.4 Å². The summed E-state index contributed by atoms with van der Waals surface area (Å²) < 4.78 is 0. The van der Waals surface area contributed by atoms with Crippen molar-refractivity contribution in [3.63, 3.8) is 0 Å². The number of oxime groups is 1. The summed E-state index contributed by atoms with van der Waals surface area (Å²) in [6, 6.07) is 8.89. The minimum Gasteiger partial charge on any atom is -0.318 e. The van der Waals surface area contributed by atoms with Crippen molar-refractivity contribution in [1.82, 2.24) is 0 Å². The Bertz CT molecular complexity index is 555. The van der Waals surface area contributed by atoms with Crippen LogP contribution in [0.1, 0.15) is 63.0 Å². The van der Waals surface area contributed by atoms with Crippen LogP contribution in [0.2, 0.25) is 0 Å². The third-order valence-electron chi connectivity index (χ3n) is 4.55. The molecule has 2 atom stereocenters. The molecule has 0 unspecified atom stereocenters. The molecule has 0 aliphatic heterocycles. The fourth-order valence-corrected chi connectivity index (χ4v) is 2.73. The summed E-state index contributed by atoms with van der Waals surface area (Å²) in [5.74, 6) is 1.49. The SMILES string of the molecule is C/C(=N/OC(=O)C1CC1)[C@H]1C[C@H]1c1ccc(C(C)C)cc1. The number of rotatable bonds is 5. The lowest BCUT2D eigenvalue weighted by molar-refractivity contribution is -0.145. The minimum absolute atomic E-state index is 0.111. The predicted octanol–water partition coefficient (Wildman–Crippen LogP) is 4.24. The Labute approximate surface area is 126 Å². The van der Waals surface area contributed by atoms with Gasteiger partial charge in [0.05, 0.1) is 11.6 Å². The molecule has 3 heteroatoms. The number of carbonyl (C=O) groups excluding carboxylic acids is 1. The van der Waals surface area contributed by atoms with Gasteiger partial charge >= 0.3 is 5.97 Å². The first-order chi connectivity index (χ1) is 10.1. The smallest absolute Gasteiger partial charge is 0.318 e. The lowest BCUT2D eigenvalue weighted by Gasteiger charge is -2.06. The van der Waals surface area contributed by atoms with Gasteiger partial charge in [0.2, 0.25) is 0 Å². The molecular formula is C18H23NO2. The summed E-state index contributed by atoms with van der Waals surface area (Å²) in [4.78, 5) is 16.5. The van der Waals surface area contributed by atoms with Crippen LogP contribution in [0.15, 0.2) is 29.4 Å². The Balaban J connectivity index is 1.57.